The number of rotatable bonds is 3. The summed E-state index contributed by atoms with van der Waals surface area (Å²) in [7, 11) is 0. The molecule has 3 nitrogen and oxygen atoms in total. The second-order valence-electron chi connectivity index (χ2n) is 5.77. The minimum Gasteiger partial charge on any atom is -0.366 e. The van der Waals surface area contributed by atoms with Gasteiger partial charge in [-0.3, -0.25) is 4.79 Å². The van der Waals surface area contributed by atoms with E-state index in [1.807, 2.05) is 29.2 Å². The smallest absolute Gasteiger partial charge is 0.227 e. The third-order valence-corrected chi connectivity index (χ3v) is 4.68. The summed E-state index contributed by atoms with van der Waals surface area (Å²) in [4.78, 5) is 16.0. The molecule has 1 amide bonds. The maximum Gasteiger partial charge on any atom is 0.227 e. The van der Waals surface area contributed by atoms with Crippen molar-refractivity contribution in [1.29, 1.82) is 0 Å². The van der Waals surface area contributed by atoms with Crippen LogP contribution in [0.2, 0.25) is 0 Å². The summed E-state index contributed by atoms with van der Waals surface area (Å²) in [6.07, 6.45) is 0.359. The van der Waals surface area contributed by atoms with E-state index in [1.54, 1.807) is 4.90 Å². The van der Waals surface area contributed by atoms with Crippen LogP contribution in [0, 0.1) is 11.6 Å². The SMILES string of the molecule is O=C(Cc1ccc(Br)cc1)N1CCN(c2ccc(F)cc2F)CC1. The number of halogens is 3. The third-order valence-electron chi connectivity index (χ3n) is 4.15. The van der Waals surface area contributed by atoms with Crippen LogP contribution in [0.5, 0.6) is 0 Å². The highest BCUT2D eigenvalue weighted by Crippen LogP contribution is 2.22. The Hall–Kier alpha value is -1.95. The molecule has 1 aliphatic rings. The number of hydrogen-bond acceptors (Lipinski definition) is 2. The summed E-state index contributed by atoms with van der Waals surface area (Å²) in [5, 5.41) is 0. The van der Waals surface area contributed by atoms with E-state index in [-0.39, 0.29) is 5.91 Å². The lowest BCUT2D eigenvalue weighted by Crippen LogP contribution is -2.49. The van der Waals surface area contributed by atoms with Crippen molar-refractivity contribution in [2.45, 2.75) is 6.42 Å². The zero-order valence-corrected chi connectivity index (χ0v) is 14.6. The van der Waals surface area contributed by atoms with Crippen LogP contribution in [0.1, 0.15) is 5.56 Å². The first-order chi connectivity index (χ1) is 11.5. The van der Waals surface area contributed by atoms with Crippen molar-refractivity contribution >= 4 is 27.5 Å². The Kier molecular flexibility index (Phi) is 5.14. The summed E-state index contributed by atoms with van der Waals surface area (Å²) in [6, 6.07) is 11.3. The van der Waals surface area contributed by atoms with E-state index in [0.717, 1.165) is 16.1 Å². The van der Waals surface area contributed by atoms with Crippen molar-refractivity contribution < 1.29 is 13.6 Å². The summed E-state index contributed by atoms with van der Waals surface area (Å²) in [6.45, 7) is 2.14. The molecule has 126 valence electrons. The molecule has 1 heterocycles. The van der Waals surface area contributed by atoms with Crippen LogP contribution in [0.25, 0.3) is 0 Å². The van der Waals surface area contributed by atoms with Gasteiger partial charge < -0.3 is 9.80 Å². The molecule has 0 atom stereocenters. The molecule has 2 aromatic rings. The normalized spacial score (nSPS) is 14.8. The number of benzene rings is 2. The highest BCUT2D eigenvalue weighted by atomic mass is 79.9. The lowest BCUT2D eigenvalue weighted by molar-refractivity contribution is -0.130. The number of piperazine rings is 1. The molecule has 6 heteroatoms. The molecule has 0 bridgehead atoms. The first kappa shape index (κ1) is 16.9. The number of nitrogens with zero attached hydrogens (tertiary/aromatic N) is 2. The van der Waals surface area contributed by atoms with Gasteiger partial charge in [0.2, 0.25) is 5.91 Å². The van der Waals surface area contributed by atoms with Gasteiger partial charge in [-0.15, -0.1) is 0 Å². The minimum atomic E-state index is -0.584. The quantitative estimate of drug-likeness (QED) is 0.793. The number of carbonyl (C=O) groups excluding carboxylic acids is 1. The first-order valence-electron chi connectivity index (χ1n) is 7.75. The van der Waals surface area contributed by atoms with Crippen LogP contribution in [0.15, 0.2) is 46.9 Å². The average Bonchev–Trinajstić information content (AvgIpc) is 2.57. The summed E-state index contributed by atoms with van der Waals surface area (Å²) >= 11 is 3.37. The number of hydrogen-bond donors (Lipinski definition) is 0. The molecule has 0 spiro atoms. The predicted molar refractivity (Wildman–Crippen MR) is 93.0 cm³/mol. The van der Waals surface area contributed by atoms with Crippen molar-refractivity contribution in [3.63, 3.8) is 0 Å². The zero-order chi connectivity index (χ0) is 17.1. The van der Waals surface area contributed by atoms with Crippen molar-refractivity contribution in [1.82, 2.24) is 4.90 Å². The number of amides is 1. The molecule has 0 saturated carbocycles. The Morgan fingerprint density at radius 2 is 1.67 bits per heavy atom. The molecule has 1 aliphatic heterocycles. The molecule has 0 aromatic heterocycles. The Morgan fingerprint density at radius 3 is 2.29 bits per heavy atom. The molecular weight excluding hydrogens is 378 g/mol. The maximum atomic E-state index is 13.8. The molecule has 0 N–H and O–H groups in total. The van der Waals surface area contributed by atoms with E-state index in [4.69, 9.17) is 0 Å². The predicted octanol–water partition coefficient (Wildman–Crippen LogP) is 3.62. The maximum absolute atomic E-state index is 13.8. The van der Waals surface area contributed by atoms with Gasteiger partial charge in [-0.05, 0) is 29.8 Å². The standard InChI is InChI=1S/C18H17BrF2N2O/c19-14-3-1-13(2-4-14)11-18(24)23-9-7-22(8-10-23)17-6-5-15(20)12-16(17)21/h1-6,12H,7-11H2. The van der Waals surface area contributed by atoms with Gasteiger partial charge in [0, 0.05) is 36.7 Å². The van der Waals surface area contributed by atoms with E-state index >= 15 is 0 Å². The van der Waals surface area contributed by atoms with Gasteiger partial charge in [0.15, 0.2) is 0 Å². The molecule has 1 saturated heterocycles. The van der Waals surface area contributed by atoms with Gasteiger partial charge in [-0.2, -0.15) is 0 Å². The molecule has 24 heavy (non-hydrogen) atoms. The van der Waals surface area contributed by atoms with E-state index < -0.39 is 11.6 Å². The van der Waals surface area contributed by atoms with Crippen molar-refractivity contribution in [2.24, 2.45) is 0 Å². The highest BCUT2D eigenvalue weighted by Gasteiger charge is 2.23. The molecular formula is C18H17BrF2N2O. The Labute approximate surface area is 148 Å². The summed E-state index contributed by atoms with van der Waals surface area (Å²) in [5.41, 5.74) is 1.35. The largest absolute Gasteiger partial charge is 0.366 e. The van der Waals surface area contributed by atoms with E-state index in [1.165, 1.54) is 12.1 Å². The Bertz CT molecular complexity index is 728. The molecule has 0 radical (unpaired) electrons. The fourth-order valence-corrected chi connectivity index (χ4v) is 3.09. The van der Waals surface area contributed by atoms with Gasteiger partial charge >= 0.3 is 0 Å². The van der Waals surface area contributed by atoms with E-state index in [9.17, 15) is 13.6 Å². The molecule has 0 aliphatic carbocycles. The molecule has 1 fully saturated rings. The first-order valence-corrected chi connectivity index (χ1v) is 8.54. The number of carbonyl (C=O) groups is 1. The summed E-state index contributed by atoms with van der Waals surface area (Å²) < 4.78 is 27.8. The number of anilines is 1. The Morgan fingerprint density at radius 1 is 1.00 bits per heavy atom. The van der Waals surface area contributed by atoms with Crippen LogP contribution in [-0.4, -0.2) is 37.0 Å². The molecule has 3 rings (SSSR count). The Balaban J connectivity index is 1.58. The van der Waals surface area contributed by atoms with Crippen LogP contribution in [0.4, 0.5) is 14.5 Å². The van der Waals surface area contributed by atoms with Gasteiger partial charge in [-0.25, -0.2) is 8.78 Å². The van der Waals surface area contributed by atoms with E-state index in [2.05, 4.69) is 15.9 Å². The summed E-state index contributed by atoms with van der Waals surface area (Å²) in [5.74, 6) is -1.08. The van der Waals surface area contributed by atoms with Crippen LogP contribution in [0.3, 0.4) is 0 Å². The second-order valence-corrected chi connectivity index (χ2v) is 6.68. The van der Waals surface area contributed by atoms with Gasteiger partial charge in [0.05, 0.1) is 12.1 Å². The average molecular weight is 395 g/mol. The lowest BCUT2D eigenvalue weighted by atomic mass is 10.1. The van der Waals surface area contributed by atoms with Crippen molar-refractivity contribution in [3.05, 3.63) is 64.1 Å². The van der Waals surface area contributed by atoms with Crippen LogP contribution >= 0.6 is 15.9 Å². The van der Waals surface area contributed by atoms with Crippen molar-refractivity contribution in [2.75, 3.05) is 31.1 Å². The highest BCUT2D eigenvalue weighted by molar-refractivity contribution is 9.10. The van der Waals surface area contributed by atoms with Gasteiger partial charge in [-0.1, -0.05) is 28.1 Å². The molecule has 2 aromatic carbocycles. The fraction of sp³-hybridized carbons (Fsp3) is 0.278. The van der Waals surface area contributed by atoms with Crippen molar-refractivity contribution in [3.8, 4) is 0 Å². The zero-order valence-electron chi connectivity index (χ0n) is 13.0. The van der Waals surface area contributed by atoms with Gasteiger partial charge in [0.1, 0.15) is 11.6 Å². The monoisotopic (exact) mass is 394 g/mol. The van der Waals surface area contributed by atoms with Crippen LogP contribution in [-0.2, 0) is 11.2 Å². The third kappa shape index (κ3) is 3.93. The molecule has 0 unspecified atom stereocenters. The topological polar surface area (TPSA) is 23.6 Å². The minimum absolute atomic E-state index is 0.0663. The van der Waals surface area contributed by atoms with E-state index in [0.29, 0.717) is 38.3 Å². The van der Waals surface area contributed by atoms with Gasteiger partial charge in [0.25, 0.3) is 0 Å². The van der Waals surface area contributed by atoms with Crippen LogP contribution < -0.4 is 4.90 Å². The lowest BCUT2D eigenvalue weighted by Gasteiger charge is -2.36. The fourth-order valence-electron chi connectivity index (χ4n) is 2.82. The second kappa shape index (κ2) is 7.30.